The lowest BCUT2D eigenvalue weighted by atomic mass is 10.0. The third-order valence-corrected chi connectivity index (χ3v) is 3.73. The highest BCUT2D eigenvalue weighted by molar-refractivity contribution is 5.94. The van der Waals surface area contributed by atoms with Gasteiger partial charge in [-0.3, -0.25) is 9.59 Å². The fraction of sp³-hybridized carbons (Fsp3) is 0.375. The molecule has 1 saturated carbocycles. The van der Waals surface area contributed by atoms with Crippen molar-refractivity contribution < 1.29 is 22.8 Å². The average Bonchev–Trinajstić information content (AvgIpc) is 2.93. The van der Waals surface area contributed by atoms with Gasteiger partial charge in [0.1, 0.15) is 0 Å². The molecule has 122 valence electrons. The molecule has 0 saturated heterocycles. The standard InChI is InChI=1S/C16H15F3N2O2/c17-16(18,19)11-7-4-10(5-8-11)6-9-14(22)21-13-3-1-2-12(13)15(20)23/h4-5,7-8,12-13H,1-3H2,(H2,20,23)(H,21,22)/t12-,13-/m1/s1. The minimum Gasteiger partial charge on any atom is -0.369 e. The van der Waals surface area contributed by atoms with Crippen molar-refractivity contribution in [1.29, 1.82) is 0 Å². The number of hydrogen-bond donors (Lipinski definition) is 2. The number of halogens is 3. The van der Waals surface area contributed by atoms with Gasteiger partial charge in [-0.05, 0) is 37.1 Å². The summed E-state index contributed by atoms with van der Waals surface area (Å²) in [6.07, 6.45) is -2.33. The third kappa shape index (κ3) is 4.49. The first-order chi connectivity index (χ1) is 10.8. The fourth-order valence-electron chi connectivity index (χ4n) is 2.55. The predicted octanol–water partition coefficient (Wildman–Crippen LogP) is 1.83. The molecule has 7 heteroatoms. The Hall–Kier alpha value is -2.49. The summed E-state index contributed by atoms with van der Waals surface area (Å²) in [5, 5.41) is 2.62. The van der Waals surface area contributed by atoms with Gasteiger partial charge in [-0.15, -0.1) is 0 Å². The van der Waals surface area contributed by atoms with Crippen molar-refractivity contribution in [3.63, 3.8) is 0 Å². The summed E-state index contributed by atoms with van der Waals surface area (Å²) in [6.45, 7) is 0. The van der Waals surface area contributed by atoms with Gasteiger partial charge >= 0.3 is 6.18 Å². The summed E-state index contributed by atoms with van der Waals surface area (Å²) in [5.74, 6) is 3.37. The molecular formula is C16H15F3N2O2. The summed E-state index contributed by atoms with van der Waals surface area (Å²) in [4.78, 5) is 23.0. The molecular weight excluding hydrogens is 309 g/mol. The number of benzene rings is 1. The van der Waals surface area contributed by atoms with Crippen LogP contribution in [0.15, 0.2) is 24.3 Å². The number of alkyl halides is 3. The van der Waals surface area contributed by atoms with E-state index in [9.17, 15) is 22.8 Å². The average molecular weight is 324 g/mol. The number of amides is 2. The lowest BCUT2D eigenvalue weighted by molar-refractivity contribution is -0.137. The number of hydrogen-bond acceptors (Lipinski definition) is 2. The zero-order valence-corrected chi connectivity index (χ0v) is 12.1. The van der Waals surface area contributed by atoms with E-state index in [4.69, 9.17) is 5.73 Å². The zero-order valence-electron chi connectivity index (χ0n) is 12.1. The maximum Gasteiger partial charge on any atom is 0.416 e. The van der Waals surface area contributed by atoms with Crippen LogP contribution in [-0.4, -0.2) is 17.9 Å². The van der Waals surface area contributed by atoms with E-state index in [0.29, 0.717) is 18.4 Å². The molecule has 1 aromatic rings. The molecule has 0 aliphatic heterocycles. The van der Waals surface area contributed by atoms with Crippen LogP contribution in [-0.2, 0) is 15.8 Å². The van der Waals surface area contributed by atoms with Crippen LogP contribution in [0.2, 0.25) is 0 Å². The number of carbonyl (C=O) groups is 2. The first kappa shape index (κ1) is 16.9. The van der Waals surface area contributed by atoms with Gasteiger partial charge < -0.3 is 11.1 Å². The zero-order chi connectivity index (χ0) is 17.0. The van der Waals surface area contributed by atoms with E-state index in [1.54, 1.807) is 0 Å². The quantitative estimate of drug-likeness (QED) is 0.815. The molecule has 0 unspecified atom stereocenters. The molecule has 1 fully saturated rings. The molecule has 2 amide bonds. The highest BCUT2D eigenvalue weighted by atomic mass is 19.4. The van der Waals surface area contributed by atoms with E-state index in [0.717, 1.165) is 18.6 Å². The Kier molecular flexibility index (Phi) is 4.94. The van der Waals surface area contributed by atoms with Gasteiger partial charge in [-0.25, -0.2) is 0 Å². The highest BCUT2D eigenvalue weighted by Crippen LogP contribution is 2.29. The fourth-order valence-corrected chi connectivity index (χ4v) is 2.55. The maximum absolute atomic E-state index is 12.4. The van der Waals surface area contributed by atoms with Crippen LogP contribution < -0.4 is 11.1 Å². The second kappa shape index (κ2) is 6.73. The molecule has 0 radical (unpaired) electrons. The predicted molar refractivity (Wildman–Crippen MR) is 76.8 cm³/mol. The van der Waals surface area contributed by atoms with Gasteiger partial charge in [-0.1, -0.05) is 12.3 Å². The normalized spacial score (nSPS) is 20.5. The van der Waals surface area contributed by atoms with Crippen LogP contribution in [0.3, 0.4) is 0 Å². The van der Waals surface area contributed by atoms with Crippen molar-refractivity contribution in [2.24, 2.45) is 11.7 Å². The summed E-state index contributed by atoms with van der Waals surface area (Å²) in [5.41, 5.74) is 4.78. The molecule has 3 N–H and O–H groups in total. The van der Waals surface area contributed by atoms with E-state index < -0.39 is 29.5 Å². The van der Waals surface area contributed by atoms with Gasteiger partial charge in [0.25, 0.3) is 5.91 Å². The number of carbonyl (C=O) groups excluding carboxylic acids is 2. The first-order valence-corrected chi connectivity index (χ1v) is 7.06. The van der Waals surface area contributed by atoms with E-state index in [1.165, 1.54) is 12.1 Å². The summed E-state index contributed by atoms with van der Waals surface area (Å²) < 4.78 is 37.3. The van der Waals surface area contributed by atoms with Gasteiger partial charge in [0.15, 0.2) is 0 Å². The van der Waals surface area contributed by atoms with Crippen LogP contribution in [0.25, 0.3) is 0 Å². The molecule has 0 bridgehead atoms. The monoisotopic (exact) mass is 324 g/mol. The number of primary amides is 1. The molecule has 0 aromatic heterocycles. The Morgan fingerprint density at radius 1 is 1.17 bits per heavy atom. The van der Waals surface area contributed by atoms with Gasteiger partial charge in [0, 0.05) is 17.5 Å². The van der Waals surface area contributed by atoms with Crippen molar-refractivity contribution in [2.45, 2.75) is 31.5 Å². The molecule has 1 aliphatic rings. The molecule has 1 aromatic carbocycles. The second-order valence-electron chi connectivity index (χ2n) is 5.34. The summed E-state index contributed by atoms with van der Waals surface area (Å²) in [7, 11) is 0. The van der Waals surface area contributed by atoms with Crippen LogP contribution in [0.1, 0.15) is 30.4 Å². The highest BCUT2D eigenvalue weighted by Gasteiger charge is 2.32. The largest absolute Gasteiger partial charge is 0.416 e. The van der Waals surface area contributed by atoms with Gasteiger partial charge in [-0.2, -0.15) is 13.2 Å². The maximum atomic E-state index is 12.4. The van der Waals surface area contributed by atoms with Crippen molar-refractivity contribution in [3.05, 3.63) is 35.4 Å². The molecule has 2 rings (SSSR count). The third-order valence-electron chi connectivity index (χ3n) is 3.73. The number of nitrogens with one attached hydrogen (secondary N) is 1. The smallest absolute Gasteiger partial charge is 0.369 e. The van der Waals surface area contributed by atoms with Gasteiger partial charge in [0.2, 0.25) is 5.91 Å². The van der Waals surface area contributed by atoms with Crippen molar-refractivity contribution in [2.75, 3.05) is 0 Å². The van der Waals surface area contributed by atoms with Crippen LogP contribution in [0, 0.1) is 17.8 Å². The van der Waals surface area contributed by atoms with Crippen molar-refractivity contribution >= 4 is 11.8 Å². The Bertz CT molecular complexity index is 657. The van der Waals surface area contributed by atoms with Crippen molar-refractivity contribution in [1.82, 2.24) is 5.32 Å². The topological polar surface area (TPSA) is 72.2 Å². The Balaban J connectivity index is 1.98. The SMILES string of the molecule is NC(=O)[C@@H]1CCC[C@H]1NC(=O)C#Cc1ccc(C(F)(F)F)cc1. The number of nitrogens with two attached hydrogens (primary N) is 1. The minimum absolute atomic E-state index is 0.297. The molecule has 23 heavy (non-hydrogen) atoms. The lowest BCUT2D eigenvalue weighted by Crippen LogP contribution is -2.41. The van der Waals surface area contributed by atoms with Crippen molar-refractivity contribution in [3.8, 4) is 11.8 Å². The molecule has 1 aliphatic carbocycles. The summed E-state index contributed by atoms with van der Waals surface area (Å²) >= 11 is 0. The molecule has 2 atom stereocenters. The summed E-state index contributed by atoms with van der Waals surface area (Å²) in [6, 6.07) is 3.88. The van der Waals surface area contributed by atoms with Crippen LogP contribution >= 0.6 is 0 Å². The Labute approximate surface area is 131 Å². The van der Waals surface area contributed by atoms with E-state index in [1.807, 2.05) is 0 Å². The van der Waals surface area contributed by atoms with Crippen LogP contribution in [0.4, 0.5) is 13.2 Å². The number of rotatable bonds is 2. The van der Waals surface area contributed by atoms with Crippen LogP contribution in [0.5, 0.6) is 0 Å². The Morgan fingerprint density at radius 2 is 1.83 bits per heavy atom. The Morgan fingerprint density at radius 3 is 2.39 bits per heavy atom. The molecule has 4 nitrogen and oxygen atoms in total. The lowest BCUT2D eigenvalue weighted by Gasteiger charge is -2.16. The molecule has 0 heterocycles. The second-order valence-corrected chi connectivity index (χ2v) is 5.34. The van der Waals surface area contributed by atoms with E-state index in [2.05, 4.69) is 17.2 Å². The molecule has 0 spiro atoms. The van der Waals surface area contributed by atoms with Gasteiger partial charge in [0.05, 0.1) is 11.5 Å². The van der Waals surface area contributed by atoms with E-state index >= 15 is 0 Å². The van der Waals surface area contributed by atoms with E-state index in [-0.39, 0.29) is 6.04 Å². The minimum atomic E-state index is -4.41. The first-order valence-electron chi connectivity index (χ1n) is 7.06.